The number of ether oxygens (including phenoxy) is 1. The lowest BCUT2D eigenvalue weighted by atomic mass is 9.81. The van der Waals surface area contributed by atoms with Crippen LogP contribution in [-0.4, -0.2) is 46.2 Å². The van der Waals surface area contributed by atoms with Gasteiger partial charge in [0.15, 0.2) is 6.10 Å². The van der Waals surface area contributed by atoms with Crippen molar-refractivity contribution < 1.29 is 19.0 Å². The highest BCUT2D eigenvalue weighted by Crippen LogP contribution is 2.45. The number of hydrogen-bond donors (Lipinski definition) is 2. The first kappa shape index (κ1) is 33.0. The molecule has 2 aliphatic rings. The van der Waals surface area contributed by atoms with Crippen LogP contribution in [0.15, 0.2) is 36.4 Å². The fraction of sp³-hybridized carbons (Fsp3) is 0.514. The minimum absolute atomic E-state index is 0.203. The first-order valence-corrected chi connectivity index (χ1v) is 16.1. The molecular weight excluding hydrogens is 567 g/mol. The number of rotatable bonds is 8. The molecule has 1 atom stereocenters. The predicted octanol–water partition coefficient (Wildman–Crippen LogP) is 7.09. The monoisotopic (exact) mass is 616 g/mol. The van der Waals surface area contributed by atoms with Crippen molar-refractivity contribution in [1.29, 1.82) is 0 Å². The van der Waals surface area contributed by atoms with Gasteiger partial charge in [0.2, 0.25) is 0 Å². The maximum absolute atomic E-state index is 13.7. The first-order valence-electron chi connectivity index (χ1n) is 16.1. The first-order chi connectivity index (χ1) is 21.2. The lowest BCUT2D eigenvalue weighted by Crippen LogP contribution is -2.39. The Bertz CT molecular complexity index is 1570. The molecule has 2 aliphatic heterocycles. The molecular formula is C37H49FN4O3. The van der Waals surface area contributed by atoms with Gasteiger partial charge in [0.25, 0.3) is 0 Å². The Morgan fingerprint density at radius 2 is 1.80 bits per heavy atom. The number of nitrogens with two attached hydrogens (primary N) is 1. The third-order valence-electron chi connectivity index (χ3n) is 9.34. The summed E-state index contributed by atoms with van der Waals surface area (Å²) in [5, 5.41) is 10.5. The van der Waals surface area contributed by atoms with Crippen LogP contribution in [0.3, 0.4) is 0 Å². The largest absolute Gasteiger partial charge is 0.479 e. The van der Waals surface area contributed by atoms with Gasteiger partial charge in [0, 0.05) is 56.1 Å². The molecule has 45 heavy (non-hydrogen) atoms. The van der Waals surface area contributed by atoms with E-state index in [1.807, 2.05) is 40.7 Å². The number of aliphatic carboxylic acids is 1. The molecule has 0 aliphatic carbocycles. The topological polar surface area (TPSA) is 91.9 Å². The highest BCUT2D eigenvalue weighted by atomic mass is 19.1. The molecule has 242 valence electrons. The lowest BCUT2D eigenvalue weighted by Gasteiger charge is -2.41. The fourth-order valence-electron chi connectivity index (χ4n) is 6.76. The quantitative estimate of drug-likeness (QED) is 0.279. The van der Waals surface area contributed by atoms with Crippen LogP contribution in [0.4, 0.5) is 10.1 Å². The van der Waals surface area contributed by atoms with E-state index in [1.54, 1.807) is 6.07 Å². The van der Waals surface area contributed by atoms with Gasteiger partial charge in [-0.05, 0) is 99.2 Å². The number of fused-ring (bicyclic) bond motifs is 1. The van der Waals surface area contributed by atoms with Crippen molar-refractivity contribution in [1.82, 2.24) is 9.88 Å². The van der Waals surface area contributed by atoms with Gasteiger partial charge in [-0.25, -0.2) is 9.18 Å². The summed E-state index contributed by atoms with van der Waals surface area (Å²) in [6, 6.07) is 11.6. The second-order valence-corrected chi connectivity index (χ2v) is 14.6. The maximum Gasteiger partial charge on any atom is 0.337 e. The van der Waals surface area contributed by atoms with Crippen molar-refractivity contribution in [3.05, 3.63) is 81.4 Å². The molecule has 0 radical (unpaired) electrons. The number of nitrogens with zero attached hydrogens (tertiary/aromatic N) is 3. The van der Waals surface area contributed by atoms with Crippen molar-refractivity contribution in [2.45, 2.75) is 99.1 Å². The molecule has 0 amide bonds. The molecule has 2 aromatic carbocycles. The van der Waals surface area contributed by atoms with E-state index < -0.39 is 17.7 Å². The van der Waals surface area contributed by atoms with Gasteiger partial charge in [-0.15, -0.1) is 0 Å². The van der Waals surface area contributed by atoms with Gasteiger partial charge in [-0.1, -0.05) is 38.1 Å². The summed E-state index contributed by atoms with van der Waals surface area (Å²) in [7, 11) is 0. The van der Waals surface area contributed by atoms with Gasteiger partial charge in [-0.2, -0.15) is 0 Å². The zero-order valence-electron chi connectivity index (χ0n) is 28.0. The highest BCUT2D eigenvalue weighted by molar-refractivity contribution is 5.88. The molecule has 1 aromatic heterocycles. The van der Waals surface area contributed by atoms with E-state index in [2.05, 4.69) is 41.8 Å². The second kappa shape index (κ2) is 12.8. The molecule has 1 fully saturated rings. The molecule has 0 bridgehead atoms. The van der Waals surface area contributed by atoms with Crippen LogP contribution in [0, 0.1) is 25.1 Å². The van der Waals surface area contributed by atoms with Crippen LogP contribution in [-0.2, 0) is 35.6 Å². The zero-order chi connectivity index (χ0) is 32.7. The van der Waals surface area contributed by atoms with Crippen LogP contribution in [0.2, 0.25) is 0 Å². The van der Waals surface area contributed by atoms with Crippen molar-refractivity contribution >= 4 is 11.7 Å². The van der Waals surface area contributed by atoms with Crippen LogP contribution >= 0.6 is 0 Å². The Morgan fingerprint density at radius 1 is 1.09 bits per heavy atom. The second-order valence-electron chi connectivity index (χ2n) is 14.6. The molecule has 1 saturated heterocycles. The Kier molecular flexibility index (Phi) is 9.41. The van der Waals surface area contributed by atoms with Crippen LogP contribution in [0.25, 0.3) is 11.1 Å². The van der Waals surface area contributed by atoms with Crippen LogP contribution in [0.1, 0.15) is 92.8 Å². The predicted molar refractivity (Wildman–Crippen MR) is 178 cm³/mol. The average Bonchev–Trinajstić information content (AvgIpc) is 2.96. The highest BCUT2D eigenvalue weighted by Gasteiger charge is 2.37. The smallest absolute Gasteiger partial charge is 0.337 e. The number of aromatic nitrogens is 1. The number of carboxylic acids is 1. The van der Waals surface area contributed by atoms with Crippen molar-refractivity contribution in [2.24, 2.45) is 11.1 Å². The summed E-state index contributed by atoms with van der Waals surface area (Å²) >= 11 is 0. The van der Waals surface area contributed by atoms with Gasteiger partial charge in [0.05, 0.1) is 17.0 Å². The summed E-state index contributed by atoms with van der Waals surface area (Å²) < 4.78 is 19.9. The zero-order valence-corrected chi connectivity index (χ0v) is 28.0. The Labute approximate surface area is 267 Å². The third-order valence-corrected chi connectivity index (χ3v) is 9.34. The number of halogens is 1. The summed E-state index contributed by atoms with van der Waals surface area (Å²) in [6.07, 6.45) is 1.70. The SMILES string of the molecule is Cc1cc(F)ccc1CN1CCc2cc(-c3c(CN)nc(C)c([C@H](OC(C)(C)C)C(=O)O)c3N3CCC(C)(C)CC3)ccc2C1. The van der Waals surface area contributed by atoms with E-state index in [-0.39, 0.29) is 17.8 Å². The van der Waals surface area contributed by atoms with Gasteiger partial charge in [-0.3, -0.25) is 9.88 Å². The van der Waals surface area contributed by atoms with Crippen molar-refractivity contribution in [2.75, 3.05) is 24.5 Å². The van der Waals surface area contributed by atoms with E-state index in [9.17, 15) is 14.3 Å². The molecule has 3 aromatic rings. The van der Waals surface area contributed by atoms with Gasteiger partial charge >= 0.3 is 5.97 Å². The normalized spacial score (nSPS) is 17.7. The lowest BCUT2D eigenvalue weighted by molar-refractivity contribution is -0.160. The Balaban J connectivity index is 1.59. The summed E-state index contributed by atoms with van der Waals surface area (Å²) in [4.78, 5) is 22.5. The standard InChI is InChI=1S/C37H49FN4O3/c1-23-18-29(38)11-10-27(23)21-41-15-12-25-19-26(8-9-28(25)22-41)32-30(20-39)40-24(2)31(34(35(43)44)45-36(3,4)5)33(32)42-16-13-37(6,7)14-17-42/h8-11,18-19,34H,12-17,20-22,39H2,1-7H3,(H,43,44)/t34-/m0/s1. The summed E-state index contributed by atoms with van der Waals surface area (Å²) in [5.41, 5.74) is 15.4. The molecule has 7 nitrogen and oxygen atoms in total. The third kappa shape index (κ3) is 7.40. The minimum atomic E-state index is -1.17. The summed E-state index contributed by atoms with van der Waals surface area (Å²) in [6.45, 7) is 18.4. The molecule has 0 saturated carbocycles. The molecule has 3 N–H and O–H groups in total. The van der Waals surface area contributed by atoms with Gasteiger partial charge < -0.3 is 20.5 Å². The molecule has 0 unspecified atom stereocenters. The van der Waals surface area contributed by atoms with E-state index in [1.165, 1.54) is 17.2 Å². The molecule has 5 rings (SSSR count). The fourth-order valence-corrected chi connectivity index (χ4v) is 6.76. The number of pyridine rings is 1. The van der Waals surface area contributed by atoms with E-state index in [4.69, 9.17) is 15.5 Å². The maximum atomic E-state index is 13.7. The van der Waals surface area contributed by atoms with E-state index in [0.717, 1.165) is 85.6 Å². The van der Waals surface area contributed by atoms with Gasteiger partial charge in [0.1, 0.15) is 5.82 Å². The number of hydrogen-bond acceptors (Lipinski definition) is 6. The number of carbonyl (C=O) groups is 1. The van der Waals surface area contributed by atoms with Crippen molar-refractivity contribution in [3.8, 4) is 11.1 Å². The molecule has 3 heterocycles. The number of aryl methyl sites for hydroxylation is 2. The minimum Gasteiger partial charge on any atom is -0.479 e. The number of anilines is 1. The van der Waals surface area contributed by atoms with Crippen LogP contribution in [0.5, 0.6) is 0 Å². The van der Waals surface area contributed by atoms with E-state index >= 15 is 0 Å². The van der Waals surface area contributed by atoms with Crippen molar-refractivity contribution in [3.63, 3.8) is 0 Å². The number of piperidine rings is 1. The number of carboxylic acid groups (broad SMARTS) is 1. The van der Waals surface area contributed by atoms with Crippen LogP contribution < -0.4 is 10.6 Å². The average molecular weight is 617 g/mol. The number of benzene rings is 2. The Hall–Kier alpha value is -3.33. The summed E-state index contributed by atoms with van der Waals surface area (Å²) in [5.74, 6) is -1.23. The van der Waals surface area contributed by atoms with E-state index in [0.29, 0.717) is 11.3 Å². The molecule has 0 spiro atoms. The Morgan fingerprint density at radius 3 is 2.42 bits per heavy atom. The molecule has 8 heteroatoms.